The van der Waals surface area contributed by atoms with Gasteiger partial charge in [-0.25, -0.2) is 9.37 Å². The summed E-state index contributed by atoms with van der Waals surface area (Å²) in [6.07, 6.45) is 0. The zero-order chi connectivity index (χ0) is 14.0. The number of phenols is 1. The molecule has 0 fully saturated rings. The summed E-state index contributed by atoms with van der Waals surface area (Å²) in [5.74, 6) is -1.72. The number of carbonyl (C=O) groups excluding carboxylic acids is 1. The van der Waals surface area contributed by atoms with Gasteiger partial charge in [-0.15, -0.1) is 11.3 Å². The molecule has 100 valence electrons. The van der Waals surface area contributed by atoms with Crippen molar-refractivity contribution in [1.82, 2.24) is 4.98 Å². The lowest BCUT2D eigenvalue weighted by atomic mass is 10.3. The van der Waals surface area contributed by atoms with Crippen LogP contribution < -0.4 is 11.1 Å². The molecule has 1 aromatic carbocycles. The maximum Gasteiger partial charge on any atom is 0.275 e. The molecule has 0 spiro atoms. The number of benzene rings is 1. The van der Waals surface area contributed by atoms with Gasteiger partial charge in [0, 0.05) is 17.1 Å². The third kappa shape index (κ3) is 3.07. The van der Waals surface area contributed by atoms with E-state index in [0.717, 1.165) is 6.07 Å². The number of aromatic nitrogens is 1. The van der Waals surface area contributed by atoms with Gasteiger partial charge < -0.3 is 16.2 Å². The first kappa shape index (κ1) is 13.4. The van der Waals surface area contributed by atoms with Crippen LogP contribution in [0.2, 0.25) is 0 Å². The van der Waals surface area contributed by atoms with E-state index in [4.69, 9.17) is 10.8 Å². The molecule has 0 bridgehead atoms. The van der Waals surface area contributed by atoms with Crippen molar-refractivity contribution in [3.8, 4) is 5.75 Å². The summed E-state index contributed by atoms with van der Waals surface area (Å²) in [6, 6.07) is 3.36. The Labute approximate surface area is 112 Å². The molecule has 0 aliphatic carbocycles. The number of thiazole rings is 1. The molecule has 2 aromatic rings. The highest BCUT2D eigenvalue weighted by atomic mass is 32.1. The Bertz CT molecular complexity index is 613. The lowest BCUT2D eigenvalue weighted by Crippen LogP contribution is -2.13. The lowest BCUT2D eigenvalue weighted by Gasteiger charge is -2.04. The highest BCUT2D eigenvalue weighted by Gasteiger charge is 2.13. The van der Waals surface area contributed by atoms with Gasteiger partial charge in [0.15, 0.2) is 11.6 Å². The largest absolute Gasteiger partial charge is 0.505 e. The van der Waals surface area contributed by atoms with Crippen LogP contribution in [0.15, 0.2) is 23.6 Å². The second-order valence-electron chi connectivity index (χ2n) is 3.98. The number of rotatable bonds is 3. The molecular weight excluding hydrogens is 269 g/mol. The number of hydrogen-bond donors (Lipinski definition) is 3. The zero-order valence-corrected chi connectivity index (χ0v) is 10.9. The number of hydrogen-bond acceptors (Lipinski definition) is 5. The molecule has 1 amide bonds. The van der Waals surface area contributed by atoms with Gasteiger partial charge in [0.05, 0.1) is 6.04 Å². The van der Waals surface area contributed by atoms with Crippen LogP contribution >= 0.6 is 11.3 Å². The molecule has 1 atom stereocenters. The molecule has 0 saturated heterocycles. The summed E-state index contributed by atoms with van der Waals surface area (Å²) >= 11 is 1.29. The minimum absolute atomic E-state index is 0.228. The van der Waals surface area contributed by atoms with Crippen LogP contribution in [0.25, 0.3) is 0 Å². The van der Waals surface area contributed by atoms with Crippen LogP contribution in [0.3, 0.4) is 0 Å². The van der Waals surface area contributed by atoms with Crippen LogP contribution in [0.4, 0.5) is 10.1 Å². The van der Waals surface area contributed by atoms with Crippen LogP contribution in [-0.4, -0.2) is 16.0 Å². The average Bonchev–Trinajstić information content (AvgIpc) is 2.83. The van der Waals surface area contributed by atoms with Crippen molar-refractivity contribution in [2.45, 2.75) is 13.0 Å². The fourth-order valence-electron chi connectivity index (χ4n) is 1.38. The normalized spacial score (nSPS) is 12.2. The van der Waals surface area contributed by atoms with Crippen molar-refractivity contribution >= 4 is 22.9 Å². The summed E-state index contributed by atoms with van der Waals surface area (Å²) in [5.41, 5.74) is 6.13. The standard InChI is InChI=1S/C12H12FN3O2S/c1-6(14)12-16-9(5-19-12)11(18)15-7-2-3-10(17)8(13)4-7/h2-6,17H,14H2,1H3,(H,15,18). The van der Waals surface area contributed by atoms with Crippen LogP contribution in [0, 0.1) is 5.82 Å². The van der Waals surface area contributed by atoms with E-state index < -0.39 is 17.5 Å². The number of nitrogens with two attached hydrogens (primary N) is 1. The lowest BCUT2D eigenvalue weighted by molar-refractivity contribution is 0.102. The topological polar surface area (TPSA) is 88.2 Å². The van der Waals surface area contributed by atoms with Crippen molar-refractivity contribution < 1.29 is 14.3 Å². The molecule has 2 rings (SSSR count). The van der Waals surface area contributed by atoms with Gasteiger partial charge in [-0.2, -0.15) is 0 Å². The summed E-state index contributed by atoms with van der Waals surface area (Å²) in [5, 5.41) is 13.8. The van der Waals surface area contributed by atoms with Gasteiger partial charge >= 0.3 is 0 Å². The molecule has 0 aliphatic heterocycles. The third-order valence-electron chi connectivity index (χ3n) is 2.35. The predicted molar refractivity (Wildman–Crippen MR) is 70.7 cm³/mol. The predicted octanol–water partition coefficient (Wildman–Crippen LogP) is 2.26. The van der Waals surface area contributed by atoms with Crippen LogP contribution in [0.1, 0.15) is 28.5 Å². The number of carbonyl (C=O) groups is 1. The van der Waals surface area contributed by atoms with Crippen molar-refractivity contribution in [2.75, 3.05) is 5.32 Å². The first-order chi connectivity index (χ1) is 8.97. The number of anilines is 1. The highest BCUT2D eigenvalue weighted by Crippen LogP contribution is 2.21. The van der Waals surface area contributed by atoms with E-state index in [2.05, 4.69) is 10.3 Å². The van der Waals surface area contributed by atoms with Gasteiger partial charge in [0.1, 0.15) is 10.7 Å². The number of amides is 1. The zero-order valence-electron chi connectivity index (χ0n) is 10.1. The number of phenolic OH excluding ortho intramolecular Hbond substituents is 1. The number of nitrogens with zero attached hydrogens (tertiary/aromatic N) is 1. The second-order valence-corrected chi connectivity index (χ2v) is 4.87. The first-order valence-corrected chi connectivity index (χ1v) is 6.36. The van der Waals surface area contributed by atoms with Crippen molar-refractivity contribution in [1.29, 1.82) is 0 Å². The van der Waals surface area contributed by atoms with E-state index in [1.54, 1.807) is 12.3 Å². The maximum atomic E-state index is 13.1. The minimum Gasteiger partial charge on any atom is -0.505 e. The highest BCUT2D eigenvalue weighted by molar-refractivity contribution is 7.09. The SMILES string of the molecule is CC(N)c1nc(C(=O)Nc2ccc(O)c(F)c2)cs1. The molecule has 0 radical (unpaired) electrons. The Morgan fingerprint density at radius 1 is 1.58 bits per heavy atom. The van der Waals surface area contributed by atoms with E-state index in [1.165, 1.54) is 23.5 Å². The van der Waals surface area contributed by atoms with E-state index in [9.17, 15) is 9.18 Å². The number of aromatic hydroxyl groups is 1. The number of nitrogens with one attached hydrogen (secondary N) is 1. The Balaban J connectivity index is 2.13. The molecule has 1 aromatic heterocycles. The molecule has 1 heterocycles. The Hall–Kier alpha value is -1.99. The summed E-state index contributed by atoms with van der Waals surface area (Å²) in [7, 11) is 0. The summed E-state index contributed by atoms with van der Waals surface area (Å²) in [4.78, 5) is 15.9. The van der Waals surface area contributed by atoms with Crippen LogP contribution in [0.5, 0.6) is 5.75 Å². The number of halogens is 1. The molecule has 1 unspecified atom stereocenters. The molecule has 5 nitrogen and oxygen atoms in total. The Morgan fingerprint density at radius 2 is 2.32 bits per heavy atom. The van der Waals surface area contributed by atoms with Crippen molar-refractivity contribution in [3.05, 3.63) is 40.1 Å². The second kappa shape index (κ2) is 5.33. The molecular formula is C12H12FN3O2S. The quantitative estimate of drug-likeness (QED) is 0.753. The summed E-state index contributed by atoms with van der Waals surface area (Å²) < 4.78 is 13.1. The van der Waals surface area contributed by atoms with Gasteiger partial charge in [0.25, 0.3) is 5.91 Å². The van der Waals surface area contributed by atoms with E-state index in [1.807, 2.05) is 0 Å². The van der Waals surface area contributed by atoms with Crippen molar-refractivity contribution in [2.24, 2.45) is 5.73 Å². The van der Waals surface area contributed by atoms with Gasteiger partial charge in [-0.05, 0) is 19.1 Å². The molecule has 7 heteroatoms. The minimum atomic E-state index is -0.799. The fraction of sp³-hybridized carbons (Fsp3) is 0.167. The van der Waals surface area contributed by atoms with E-state index >= 15 is 0 Å². The van der Waals surface area contributed by atoms with Gasteiger partial charge in [-0.3, -0.25) is 4.79 Å². The van der Waals surface area contributed by atoms with Crippen molar-refractivity contribution in [3.63, 3.8) is 0 Å². The summed E-state index contributed by atoms with van der Waals surface area (Å²) in [6.45, 7) is 1.77. The fourth-order valence-corrected chi connectivity index (χ4v) is 2.14. The molecule has 0 saturated carbocycles. The molecule has 19 heavy (non-hydrogen) atoms. The third-order valence-corrected chi connectivity index (χ3v) is 3.40. The van der Waals surface area contributed by atoms with Gasteiger partial charge in [0.2, 0.25) is 0 Å². The van der Waals surface area contributed by atoms with Crippen LogP contribution in [-0.2, 0) is 0 Å². The molecule has 4 N–H and O–H groups in total. The average molecular weight is 281 g/mol. The smallest absolute Gasteiger partial charge is 0.275 e. The first-order valence-electron chi connectivity index (χ1n) is 5.48. The Kier molecular flexibility index (Phi) is 3.77. The monoisotopic (exact) mass is 281 g/mol. The maximum absolute atomic E-state index is 13.1. The van der Waals surface area contributed by atoms with Gasteiger partial charge in [-0.1, -0.05) is 0 Å². The molecule has 0 aliphatic rings. The van der Waals surface area contributed by atoms with E-state index in [-0.39, 0.29) is 17.4 Å². The van der Waals surface area contributed by atoms with E-state index in [0.29, 0.717) is 5.01 Å². The Morgan fingerprint density at radius 3 is 2.89 bits per heavy atom.